The number of furan rings is 1. The average molecular weight is 643 g/mol. The van der Waals surface area contributed by atoms with E-state index in [1.165, 1.54) is 0 Å². The molecule has 0 unspecified atom stereocenters. The predicted molar refractivity (Wildman–Crippen MR) is 203 cm³/mol. The minimum Gasteiger partial charge on any atom is -0.455 e. The molecule has 0 aliphatic heterocycles. The molecule has 11 rings (SSSR count). The third-order valence-corrected chi connectivity index (χ3v) is 10.1. The molecule has 0 aliphatic carbocycles. The lowest BCUT2D eigenvalue weighted by Gasteiger charge is -2.15. The van der Waals surface area contributed by atoms with Gasteiger partial charge in [-0.3, -0.25) is 13.8 Å². The zero-order valence-electron chi connectivity index (χ0n) is 26.6. The lowest BCUT2D eigenvalue weighted by molar-refractivity contribution is 0.670. The molecule has 50 heavy (non-hydrogen) atoms. The van der Waals surface area contributed by atoms with Crippen LogP contribution in [-0.4, -0.2) is 18.5 Å². The van der Waals surface area contributed by atoms with Crippen LogP contribution in [0.15, 0.2) is 167 Å². The molecule has 0 saturated heterocycles. The molecule has 0 radical (unpaired) electrons. The Hall–Kier alpha value is -6.92. The van der Waals surface area contributed by atoms with Gasteiger partial charge in [-0.25, -0.2) is 4.98 Å². The fourth-order valence-electron chi connectivity index (χ4n) is 7.87. The summed E-state index contributed by atoms with van der Waals surface area (Å²) < 4.78 is 12.5. The number of imidazole rings is 1. The maximum atomic E-state index is 14.6. The molecule has 6 heteroatoms. The molecule has 234 valence electrons. The SMILES string of the molecule is O=c1c2nc3ccccc3n2c2cc(-c3cccc4c3oc3ccccc34)ccc2n1-c1ccc2c(c1)c1ccccc1n2-c1ccccc1. The maximum Gasteiger partial charge on any atom is 0.299 e. The summed E-state index contributed by atoms with van der Waals surface area (Å²) >= 11 is 0. The second-order valence-corrected chi connectivity index (χ2v) is 12.8. The van der Waals surface area contributed by atoms with E-state index in [1.807, 2.05) is 63.6 Å². The Kier molecular flexibility index (Phi) is 5.44. The van der Waals surface area contributed by atoms with E-state index in [4.69, 9.17) is 9.40 Å². The number of aromatic nitrogens is 4. The van der Waals surface area contributed by atoms with Crippen molar-refractivity contribution in [2.45, 2.75) is 0 Å². The fourth-order valence-corrected chi connectivity index (χ4v) is 7.87. The van der Waals surface area contributed by atoms with Crippen LogP contribution in [0.3, 0.4) is 0 Å². The molecular weight excluding hydrogens is 617 g/mol. The van der Waals surface area contributed by atoms with Crippen molar-refractivity contribution in [1.29, 1.82) is 0 Å². The van der Waals surface area contributed by atoms with Crippen molar-refractivity contribution in [2.24, 2.45) is 0 Å². The van der Waals surface area contributed by atoms with E-state index in [0.29, 0.717) is 5.65 Å². The first kappa shape index (κ1) is 27.1. The van der Waals surface area contributed by atoms with Crippen LogP contribution in [0.1, 0.15) is 0 Å². The number of nitrogens with zero attached hydrogens (tertiary/aromatic N) is 4. The van der Waals surface area contributed by atoms with Gasteiger partial charge >= 0.3 is 0 Å². The summed E-state index contributed by atoms with van der Waals surface area (Å²) in [6.07, 6.45) is 0. The Labute approximate surface area is 284 Å². The number of benzene rings is 7. The van der Waals surface area contributed by atoms with E-state index in [-0.39, 0.29) is 5.56 Å². The third kappa shape index (κ3) is 3.67. The molecule has 0 fully saturated rings. The highest BCUT2D eigenvalue weighted by Gasteiger charge is 2.20. The molecule has 7 aromatic carbocycles. The van der Waals surface area contributed by atoms with Crippen molar-refractivity contribution in [3.05, 3.63) is 168 Å². The van der Waals surface area contributed by atoms with Crippen molar-refractivity contribution in [3.63, 3.8) is 0 Å². The van der Waals surface area contributed by atoms with Gasteiger partial charge in [0.15, 0.2) is 0 Å². The van der Waals surface area contributed by atoms with Gasteiger partial charge in [-0.1, -0.05) is 91.0 Å². The van der Waals surface area contributed by atoms with Gasteiger partial charge in [-0.2, -0.15) is 0 Å². The van der Waals surface area contributed by atoms with Crippen molar-refractivity contribution in [3.8, 4) is 22.5 Å². The molecule has 0 bridgehead atoms. The topological polar surface area (TPSA) is 57.4 Å². The molecular formula is C44H26N4O2. The molecule has 0 amide bonds. The third-order valence-electron chi connectivity index (χ3n) is 10.1. The quantitative estimate of drug-likeness (QED) is 0.193. The Morgan fingerprint density at radius 2 is 1.20 bits per heavy atom. The summed E-state index contributed by atoms with van der Waals surface area (Å²) in [5.41, 5.74) is 11.3. The Morgan fingerprint density at radius 3 is 2.10 bits per heavy atom. The molecule has 6 nitrogen and oxygen atoms in total. The van der Waals surface area contributed by atoms with Crippen molar-refractivity contribution in [1.82, 2.24) is 18.5 Å². The lowest BCUT2D eigenvalue weighted by atomic mass is 10.0. The zero-order valence-corrected chi connectivity index (χ0v) is 26.6. The van der Waals surface area contributed by atoms with Crippen LogP contribution in [0, 0.1) is 0 Å². The number of fused-ring (bicyclic) bond motifs is 11. The highest BCUT2D eigenvalue weighted by atomic mass is 16.3. The molecule has 4 heterocycles. The van der Waals surface area contributed by atoms with Crippen molar-refractivity contribution < 1.29 is 4.42 Å². The molecule has 0 N–H and O–H groups in total. The minimum atomic E-state index is -0.174. The second kappa shape index (κ2) is 10.0. The summed E-state index contributed by atoms with van der Waals surface area (Å²) in [4.78, 5) is 19.5. The zero-order chi connectivity index (χ0) is 32.9. The monoisotopic (exact) mass is 642 g/mol. The van der Waals surface area contributed by atoms with Gasteiger partial charge in [0.1, 0.15) is 11.2 Å². The first-order chi connectivity index (χ1) is 24.7. The van der Waals surface area contributed by atoms with Gasteiger partial charge in [0.05, 0.1) is 38.8 Å². The van der Waals surface area contributed by atoms with Crippen LogP contribution >= 0.6 is 0 Å². The van der Waals surface area contributed by atoms with E-state index >= 15 is 0 Å². The Balaban J connectivity index is 1.22. The van der Waals surface area contributed by atoms with Crippen LogP contribution < -0.4 is 5.56 Å². The summed E-state index contributed by atoms with van der Waals surface area (Å²) in [6.45, 7) is 0. The fraction of sp³-hybridized carbons (Fsp3) is 0. The minimum absolute atomic E-state index is 0.174. The van der Waals surface area contributed by atoms with E-state index in [2.05, 4.69) is 108 Å². The maximum absolute atomic E-state index is 14.6. The van der Waals surface area contributed by atoms with Crippen LogP contribution in [0.2, 0.25) is 0 Å². The Morgan fingerprint density at radius 1 is 0.480 bits per heavy atom. The van der Waals surface area contributed by atoms with Gasteiger partial charge in [0.25, 0.3) is 5.56 Å². The number of para-hydroxylation sites is 6. The first-order valence-corrected chi connectivity index (χ1v) is 16.7. The molecule has 0 saturated carbocycles. The number of hydrogen-bond acceptors (Lipinski definition) is 3. The first-order valence-electron chi connectivity index (χ1n) is 16.7. The predicted octanol–water partition coefficient (Wildman–Crippen LogP) is 10.5. The van der Waals surface area contributed by atoms with Gasteiger partial charge in [0, 0.05) is 32.8 Å². The van der Waals surface area contributed by atoms with E-state index < -0.39 is 0 Å². The Bertz CT molecular complexity index is 3230. The van der Waals surface area contributed by atoms with Crippen molar-refractivity contribution in [2.75, 3.05) is 0 Å². The van der Waals surface area contributed by atoms with E-state index in [1.54, 1.807) is 0 Å². The summed E-state index contributed by atoms with van der Waals surface area (Å²) in [5.74, 6) is 0. The highest BCUT2D eigenvalue weighted by molar-refractivity contribution is 6.11. The lowest BCUT2D eigenvalue weighted by Crippen LogP contribution is -2.22. The molecule has 0 aliphatic rings. The standard InChI is InChI=1S/C44H26N4O2/c49-44-43-45-35-17-6-8-19-38(35)48(43)40-25-27(30-15-10-16-33-32-14-5-9-20-41(32)50-42(30)33)21-23-39(40)47(44)29-22-24-37-34(26-29)31-13-4-7-18-36(31)46(37)28-11-2-1-3-12-28/h1-26H. The summed E-state index contributed by atoms with van der Waals surface area (Å²) in [6, 6.07) is 53.8. The molecule has 0 atom stereocenters. The molecule has 4 aromatic heterocycles. The summed E-state index contributed by atoms with van der Waals surface area (Å²) in [5, 5.41) is 4.36. The molecule has 11 aromatic rings. The van der Waals surface area contributed by atoms with Crippen molar-refractivity contribution >= 4 is 71.5 Å². The van der Waals surface area contributed by atoms with Crippen LogP contribution in [0.25, 0.3) is 94.0 Å². The average Bonchev–Trinajstić information content (AvgIpc) is 3.85. The molecule has 0 spiro atoms. The smallest absolute Gasteiger partial charge is 0.299 e. The van der Waals surface area contributed by atoms with E-state index in [0.717, 1.165) is 88.3 Å². The van der Waals surface area contributed by atoms with Crippen LogP contribution in [-0.2, 0) is 0 Å². The normalized spacial score (nSPS) is 12.1. The van der Waals surface area contributed by atoms with Gasteiger partial charge < -0.3 is 8.98 Å². The number of hydrogen-bond donors (Lipinski definition) is 0. The number of rotatable bonds is 3. The van der Waals surface area contributed by atoms with Crippen LogP contribution in [0.5, 0.6) is 0 Å². The van der Waals surface area contributed by atoms with Gasteiger partial charge in [-0.15, -0.1) is 0 Å². The second-order valence-electron chi connectivity index (χ2n) is 12.8. The van der Waals surface area contributed by atoms with Gasteiger partial charge in [0.2, 0.25) is 5.65 Å². The van der Waals surface area contributed by atoms with Crippen LogP contribution in [0.4, 0.5) is 0 Å². The van der Waals surface area contributed by atoms with Gasteiger partial charge in [-0.05, 0) is 72.3 Å². The highest BCUT2D eigenvalue weighted by Crippen LogP contribution is 2.38. The van der Waals surface area contributed by atoms with E-state index in [9.17, 15) is 4.79 Å². The summed E-state index contributed by atoms with van der Waals surface area (Å²) in [7, 11) is 0. The largest absolute Gasteiger partial charge is 0.455 e.